The van der Waals surface area contributed by atoms with Gasteiger partial charge in [0.05, 0.1) is 23.9 Å². The van der Waals surface area contributed by atoms with Gasteiger partial charge in [-0.05, 0) is 34.4 Å². The number of hydrogen-bond acceptors (Lipinski definition) is 8. The summed E-state index contributed by atoms with van der Waals surface area (Å²) < 4.78 is 0. The van der Waals surface area contributed by atoms with Crippen molar-refractivity contribution in [2.45, 2.75) is 0 Å². The minimum Gasteiger partial charge on any atom is -0.545 e. The first-order valence-electron chi connectivity index (χ1n) is 6.36. The normalized spacial score (nSPS) is 8.71. The van der Waals surface area contributed by atoms with Crippen molar-refractivity contribution >= 4 is 23.9 Å². The molecule has 0 radical (unpaired) electrons. The minimum atomic E-state index is -1.75. The number of hydrogen-bond donors (Lipinski definition) is 0. The molecule has 8 nitrogen and oxygen atoms in total. The summed E-state index contributed by atoms with van der Waals surface area (Å²) in [6.45, 7) is 0. The van der Waals surface area contributed by atoms with Crippen molar-refractivity contribution < 1.29 is 158 Å². The maximum Gasteiger partial charge on any atom is 1.00 e. The molecular formula is C16H6Na4O8. The summed E-state index contributed by atoms with van der Waals surface area (Å²) >= 11 is 0. The fourth-order valence-corrected chi connectivity index (χ4v) is 2.15. The van der Waals surface area contributed by atoms with Gasteiger partial charge in [0.25, 0.3) is 0 Å². The summed E-state index contributed by atoms with van der Waals surface area (Å²) in [7, 11) is 0. The van der Waals surface area contributed by atoms with Crippen LogP contribution in [0.25, 0.3) is 11.1 Å². The summed E-state index contributed by atoms with van der Waals surface area (Å²) in [5.74, 6) is -6.75. The van der Waals surface area contributed by atoms with E-state index in [1.165, 1.54) is 0 Å². The zero-order valence-electron chi connectivity index (χ0n) is 15.7. The third-order valence-corrected chi connectivity index (χ3v) is 3.24. The molecule has 0 bridgehead atoms. The molecule has 12 heteroatoms. The second kappa shape index (κ2) is 14.3. The quantitative estimate of drug-likeness (QED) is 0.433. The molecule has 0 saturated heterocycles. The van der Waals surface area contributed by atoms with E-state index in [0.29, 0.717) is 0 Å². The van der Waals surface area contributed by atoms with Crippen molar-refractivity contribution in [1.82, 2.24) is 0 Å². The van der Waals surface area contributed by atoms with Gasteiger partial charge in [-0.25, -0.2) is 0 Å². The van der Waals surface area contributed by atoms with Crippen LogP contribution < -0.4 is 139 Å². The SMILES string of the molecule is O=C([O-])c1ccc(-c2ccc(C(=O)[O-])cc2C(=O)[O-])c(C(=O)[O-])c1.[Na+].[Na+].[Na+].[Na+]. The number of carbonyl (C=O) groups is 4. The third-order valence-electron chi connectivity index (χ3n) is 3.24. The Morgan fingerprint density at radius 2 is 0.786 bits per heavy atom. The van der Waals surface area contributed by atoms with Crippen LogP contribution in [0.2, 0.25) is 0 Å². The third kappa shape index (κ3) is 7.86. The molecule has 28 heavy (non-hydrogen) atoms. The standard InChI is InChI=1S/C16H10O8.4Na/c17-13(18)7-1-3-9(11(5-7)15(21)22)10-4-2-8(14(19)20)6-12(10)16(23)24;;;;/h1-6H,(H,17,18)(H,19,20)(H,21,22)(H,23,24);;;;/q;4*+1/p-4. The number of carboxylic acid groups (broad SMARTS) is 4. The van der Waals surface area contributed by atoms with Gasteiger partial charge in [0, 0.05) is 11.1 Å². The molecule has 2 rings (SSSR count). The molecule has 0 saturated carbocycles. The number of benzene rings is 2. The monoisotopic (exact) mass is 418 g/mol. The predicted molar refractivity (Wildman–Crippen MR) is 69.2 cm³/mol. The summed E-state index contributed by atoms with van der Waals surface area (Å²) in [5.41, 5.74) is -2.44. The van der Waals surface area contributed by atoms with Crippen LogP contribution in [0.5, 0.6) is 0 Å². The number of rotatable bonds is 5. The average Bonchev–Trinajstić information content (AvgIpc) is 2.53. The van der Waals surface area contributed by atoms with E-state index in [0.717, 1.165) is 36.4 Å². The zero-order chi connectivity index (χ0) is 18.0. The van der Waals surface area contributed by atoms with Gasteiger partial charge in [0.1, 0.15) is 0 Å². The Kier molecular flexibility index (Phi) is 16.9. The van der Waals surface area contributed by atoms with Gasteiger partial charge in [-0.3, -0.25) is 0 Å². The number of carbonyl (C=O) groups excluding carboxylic acids is 4. The second-order valence-electron chi connectivity index (χ2n) is 4.67. The molecule has 0 aliphatic carbocycles. The van der Waals surface area contributed by atoms with Crippen molar-refractivity contribution in [2.24, 2.45) is 0 Å². The van der Waals surface area contributed by atoms with Gasteiger partial charge in [-0.15, -0.1) is 0 Å². The Balaban J connectivity index is -0.00000156. The van der Waals surface area contributed by atoms with Crippen molar-refractivity contribution in [2.75, 3.05) is 0 Å². The summed E-state index contributed by atoms with van der Waals surface area (Å²) in [5, 5.41) is 44.1. The first-order chi connectivity index (χ1) is 11.2. The fraction of sp³-hybridized carbons (Fsp3) is 0. The summed E-state index contributed by atoms with van der Waals surface area (Å²) in [6.07, 6.45) is 0. The van der Waals surface area contributed by atoms with Crippen LogP contribution in [0.15, 0.2) is 36.4 Å². The molecule has 0 unspecified atom stereocenters. The van der Waals surface area contributed by atoms with Gasteiger partial charge in [-0.2, -0.15) is 0 Å². The minimum absolute atomic E-state index is 0. The molecule has 0 N–H and O–H groups in total. The molecule has 122 valence electrons. The Labute approximate surface area is 247 Å². The largest absolute Gasteiger partial charge is 1.00 e. The Bertz CT molecular complexity index is 825. The molecule has 0 fully saturated rings. The van der Waals surface area contributed by atoms with Crippen LogP contribution >= 0.6 is 0 Å². The van der Waals surface area contributed by atoms with Gasteiger partial charge in [0.2, 0.25) is 0 Å². The smallest absolute Gasteiger partial charge is 0.545 e. The van der Waals surface area contributed by atoms with Crippen molar-refractivity contribution in [3.8, 4) is 11.1 Å². The summed E-state index contributed by atoms with van der Waals surface area (Å²) in [4.78, 5) is 44.1. The molecule has 2 aromatic rings. The van der Waals surface area contributed by atoms with E-state index in [1.54, 1.807) is 0 Å². The van der Waals surface area contributed by atoms with Gasteiger partial charge >= 0.3 is 118 Å². The van der Waals surface area contributed by atoms with Crippen molar-refractivity contribution in [3.05, 3.63) is 58.7 Å². The van der Waals surface area contributed by atoms with Gasteiger partial charge in [-0.1, -0.05) is 24.3 Å². The summed E-state index contributed by atoms with van der Waals surface area (Å²) in [6, 6.07) is 5.65. The molecule has 0 amide bonds. The molecular weight excluding hydrogens is 412 g/mol. The van der Waals surface area contributed by atoms with Crippen LogP contribution in [-0.2, 0) is 0 Å². The van der Waals surface area contributed by atoms with Crippen LogP contribution in [-0.4, -0.2) is 23.9 Å². The Morgan fingerprint density at radius 1 is 0.500 bits per heavy atom. The number of aromatic carboxylic acids is 4. The first-order valence-corrected chi connectivity index (χ1v) is 6.36. The fourth-order valence-electron chi connectivity index (χ4n) is 2.15. The van der Waals surface area contributed by atoms with E-state index in [-0.39, 0.29) is 129 Å². The van der Waals surface area contributed by atoms with E-state index in [4.69, 9.17) is 0 Å². The van der Waals surface area contributed by atoms with E-state index in [1.807, 2.05) is 0 Å². The average molecular weight is 418 g/mol. The van der Waals surface area contributed by atoms with Gasteiger partial charge < -0.3 is 39.6 Å². The Hall–Kier alpha value is 0.320. The molecule has 0 spiro atoms. The van der Waals surface area contributed by atoms with E-state index < -0.39 is 46.1 Å². The van der Waals surface area contributed by atoms with Crippen LogP contribution in [0.1, 0.15) is 41.4 Å². The van der Waals surface area contributed by atoms with Crippen LogP contribution in [0.3, 0.4) is 0 Å². The molecule has 0 aromatic heterocycles. The molecule has 2 aromatic carbocycles. The molecule has 0 atom stereocenters. The Morgan fingerprint density at radius 3 is 1.00 bits per heavy atom. The maximum atomic E-state index is 11.2. The first kappa shape index (κ1) is 33.0. The van der Waals surface area contributed by atoms with E-state index in [2.05, 4.69) is 0 Å². The van der Waals surface area contributed by atoms with Crippen molar-refractivity contribution in [3.63, 3.8) is 0 Å². The maximum absolute atomic E-state index is 11.2. The van der Waals surface area contributed by atoms with Crippen LogP contribution in [0, 0.1) is 0 Å². The van der Waals surface area contributed by atoms with E-state index >= 15 is 0 Å². The number of carboxylic acids is 4. The van der Waals surface area contributed by atoms with Crippen LogP contribution in [0.4, 0.5) is 0 Å². The van der Waals surface area contributed by atoms with Gasteiger partial charge in [0.15, 0.2) is 0 Å². The topological polar surface area (TPSA) is 161 Å². The zero-order valence-corrected chi connectivity index (χ0v) is 23.7. The second-order valence-corrected chi connectivity index (χ2v) is 4.67. The molecule has 0 heterocycles. The molecule has 0 aliphatic rings. The van der Waals surface area contributed by atoms with Crippen molar-refractivity contribution in [1.29, 1.82) is 0 Å². The molecule has 0 aliphatic heterocycles. The predicted octanol–water partition coefficient (Wildman–Crippen LogP) is -15.2. The van der Waals surface area contributed by atoms with E-state index in [9.17, 15) is 39.6 Å².